The second-order valence-corrected chi connectivity index (χ2v) is 11.7. The first-order valence-electron chi connectivity index (χ1n) is 13.6. The third-order valence-electron chi connectivity index (χ3n) is 7.60. The lowest BCUT2D eigenvalue weighted by Crippen LogP contribution is -2.46. The molecule has 2 aromatic carbocycles. The molecule has 1 aliphatic carbocycles. The number of unbranched alkanes of at least 4 members (excludes halogenated alkanes) is 1. The number of fused-ring (bicyclic) bond motifs is 2. The summed E-state index contributed by atoms with van der Waals surface area (Å²) in [6.45, 7) is 9.17. The molecule has 8 nitrogen and oxygen atoms in total. The van der Waals surface area contributed by atoms with Gasteiger partial charge in [-0.2, -0.15) is 0 Å². The summed E-state index contributed by atoms with van der Waals surface area (Å²) in [4.78, 5) is 49.7. The molecule has 0 atom stereocenters. The molecule has 216 valence electrons. The summed E-state index contributed by atoms with van der Waals surface area (Å²) in [5.41, 5.74) is 4.29. The van der Waals surface area contributed by atoms with Gasteiger partial charge in [-0.25, -0.2) is 9.59 Å². The van der Waals surface area contributed by atoms with E-state index in [0.29, 0.717) is 37.1 Å². The van der Waals surface area contributed by atoms with Crippen LogP contribution in [0.15, 0.2) is 36.4 Å². The minimum absolute atomic E-state index is 0.101. The summed E-state index contributed by atoms with van der Waals surface area (Å²) in [6, 6.07) is 10.9. The molecule has 1 amide bonds. The van der Waals surface area contributed by atoms with E-state index < -0.39 is 5.41 Å². The Morgan fingerprint density at radius 1 is 0.775 bits per heavy atom. The van der Waals surface area contributed by atoms with Crippen molar-refractivity contribution in [2.24, 2.45) is 10.8 Å². The average molecular weight is 552 g/mol. The number of amides is 1. The minimum atomic E-state index is -0.430. The van der Waals surface area contributed by atoms with Crippen LogP contribution in [-0.4, -0.2) is 58.1 Å². The molecule has 0 unspecified atom stereocenters. The summed E-state index contributed by atoms with van der Waals surface area (Å²) in [6.07, 6.45) is 3.58. The molecule has 0 saturated heterocycles. The monoisotopic (exact) mass is 551 g/mol. The molecule has 8 heteroatoms. The first-order chi connectivity index (χ1) is 18.8. The number of Topliss-reactive ketones (excluding diaryl/α,β-unsaturated/α-hetero) is 1. The minimum Gasteiger partial charge on any atom is -0.465 e. The maximum Gasteiger partial charge on any atom is 0.337 e. The molecule has 0 N–H and O–H groups in total. The lowest BCUT2D eigenvalue weighted by Gasteiger charge is -2.39. The van der Waals surface area contributed by atoms with Gasteiger partial charge in [0.1, 0.15) is 5.78 Å². The van der Waals surface area contributed by atoms with Gasteiger partial charge in [0.15, 0.2) is 0 Å². The van der Waals surface area contributed by atoms with Crippen LogP contribution in [0.4, 0.5) is 5.69 Å². The van der Waals surface area contributed by atoms with Crippen molar-refractivity contribution in [3.05, 3.63) is 64.2 Å². The summed E-state index contributed by atoms with van der Waals surface area (Å²) in [5.74, 6) is -0.411. The number of hydrogen-bond acceptors (Lipinski definition) is 7. The molecule has 0 aromatic heterocycles. The van der Waals surface area contributed by atoms with Crippen molar-refractivity contribution in [3.8, 4) is 0 Å². The van der Waals surface area contributed by atoms with Crippen molar-refractivity contribution in [2.75, 3.05) is 39.4 Å². The number of hydrogen-bond donors (Lipinski definition) is 0. The molecule has 0 saturated carbocycles. The fraction of sp³-hybridized carbons (Fsp3) is 0.500. The normalized spacial score (nSPS) is 16.7. The van der Waals surface area contributed by atoms with E-state index >= 15 is 0 Å². The number of anilines is 1. The van der Waals surface area contributed by atoms with Crippen molar-refractivity contribution >= 4 is 29.3 Å². The van der Waals surface area contributed by atoms with Crippen LogP contribution >= 0.6 is 0 Å². The number of carbonyl (C=O) groups excluding carboxylic acids is 4. The van der Waals surface area contributed by atoms with Gasteiger partial charge in [-0.15, -0.1) is 0 Å². The van der Waals surface area contributed by atoms with Gasteiger partial charge in [0, 0.05) is 43.2 Å². The molecule has 0 fully saturated rings. The van der Waals surface area contributed by atoms with Crippen molar-refractivity contribution in [2.45, 2.75) is 59.8 Å². The Hall–Kier alpha value is -3.52. The Morgan fingerprint density at radius 2 is 1.35 bits per heavy atom. The molecule has 40 heavy (non-hydrogen) atoms. The Bertz CT molecular complexity index is 1280. The van der Waals surface area contributed by atoms with Crippen molar-refractivity contribution in [1.29, 1.82) is 0 Å². The predicted molar refractivity (Wildman–Crippen MR) is 153 cm³/mol. The third kappa shape index (κ3) is 6.97. The number of benzene rings is 2. The number of carbonyl (C=O) groups is 4. The highest BCUT2D eigenvalue weighted by Gasteiger charge is 2.39. The SMILES string of the molecule is COC(=O)c1ccc2c(c1)CC(=O)C(C)(C)C2.COCCCCN1C(=O)C(C)(C)Cc2ccc(C(=O)OC)cc21. The Labute approximate surface area is 237 Å². The zero-order valence-electron chi connectivity index (χ0n) is 24.7. The van der Waals surface area contributed by atoms with Crippen LogP contribution in [0.25, 0.3) is 0 Å². The molecule has 0 radical (unpaired) electrons. The van der Waals surface area contributed by atoms with Crippen LogP contribution in [0.2, 0.25) is 0 Å². The Morgan fingerprint density at radius 3 is 1.95 bits per heavy atom. The molecule has 0 spiro atoms. The molecule has 4 rings (SSSR count). The van der Waals surface area contributed by atoms with Gasteiger partial charge in [0.05, 0.1) is 25.3 Å². The third-order valence-corrected chi connectivity index (χ3v) is 7.60. The zero-order valence-corrected chi connectivity index (χ0v) is 24.7. The van der Waals surface area contributed by atoms with E-state index in [4.69, 9.17) is 9.47 Å². The van der Waals surface area contributed by atoms with E-state index in [9.17, 15) is 19.2 Å². The van der Waals surface area contributed by atoms with E-state index in [1.54, 1.807) is 36.3 Å². The number of nitrogens with zero attached hydrogens (tertiary/aromatic N) is 1. The van der Waals surface area contributed by atoms with Gasteiger partial charge in [0.2, 0.25) is 5.91 Å². The smallest absolute Gasteiger partial charge is 0.337 e. The zero-order chi connectivity index (χ0) is 29.7. The molecule has 2 aromatic rings. The number of ketones is 1. The average Bonchev–Trinajstić information content (AvgIpc) is 2.92. The summed E-state index contributed by atoms with van der Waals surface area (Å²) >= 11 is 0. The van der Waals surface area contributed by atoms with Gasteiger partial charge >= 0.3 is 11.9 Å². The molecule has 0 bridgehead atoms. The first kappa shape index (κ1) is 31.0. The standard InChI is InChI=1S/C18H25NO4.C14H16O3/c1-18(2)12-14-8-7-13(16(20)23-4)11-15(14)19(17(18)21)9-5-6-10-22-3;1-14(2)8-10-5-4-9(13(16)17-3)6-11(10)7-12(14)15/h7-8,11H,5-6,9-10,12H2,1-4H3;4-6H,7-8H2,1-3H3. The van der Waals surface area contributed by atoms with Gasteiger partial charge in [-0.05, 0) is 66.6 Å². The Kier molecular flexibility index (Phi) is 9.90. The van der Waals surface area contributed by atoms with Crippen LogP contribution in [0.5, 0.6) is 0 Å². The van der Waals surface area contributed by atoms with Gasteiger partial charge in [-0.1, -0.05) is 39.8 Å². The van der Waals surface area contributed by atoms with E-state index in [1.165, 1.54) is 14.2 Å². The quantitative estimate of drug-likeness (QED) is 0.353. The van der Waals surface area contributed by atoms with Crippen molar-refractivity contribution in [3.63, 3.8) is 0 Å². The Balaban J connectivity index is 0.000000230. The highest BCUT2D eigenvalue weighted by molar-refractivity contribution is 6.02. The van der Waals surface area contributed by atoms with Crippen LogP contribution in [0, 0.1) is 10.8 Å². The maximum absolute atomic E-state index is 12.8. The van der Waals surface area contributed by atoms with Crippen LogP contribution < -0.4 is 4.90 Å². The highest BCUT2D eigenvalue weighted by atomic mass is 16.5. The van der Waals surface area contributed by atoms with Gasteiger partial charge in [-0.3, -0.25) is 9.59 Å². The summed E-state index contributed by atoms with van der Waals surface area (Å²) in [5, 5.41) is 0. The van der Waals surface area contributed by atoms with E-state index in [0.717, 1.165) is 41.6 Å². The first-order valence-corrected chi connectivity index (χ1v) is 13.6. The molecule has 1 heterocycles. The summed E-state index contributed by atoms with van der Waals surface area (Å²) in [7, 11) is 4.39. The molecular formula is C32H41NO7. The van der Waals surface area contributed by atoms with Gasteiger partial charge in [0.25, 0.3) is 0 Å². The second-order valence-electron chi connectivity index (χ2n) is 11.7. The van der Waals surface area contributed by atoms with Crippen molar-refractivity contribution < 1.29 is 33.4 Å². The van der Waals surface area contributed by atoms with Crippen molar-refractivity contribution in [1.82, 2.24) is 0 Å². The fourth-order valence-electron chi connectivity index (χ4n) is 5.17. The highest BCUT2D eigenvalue weighted by Crippen LogP contribution is 2.38. The van der Waals surface area contributed by atoms with Gasteiger partial charge < -0.3 is 19.1 Å². The molecular weight excluding hydrogens is 510 g/mol. The predicted octanol–water partition coefficient (Wildman–Crippen LogP) is 4.98. The maximum atomic E-state index is 12.8. The van der Waals surface area contributed by atoms with E-state index in [-0.39, 0.29) is 29.0 Å². The fourth-order valence-corrected chi connectivity index (χ4v) is 5.17. The largest absolute Gasteiger partial charge is 0.465 e. The topological polar surface area (TPSA) is 99.2 Å². The van der Waals surface area contributed by atoms with Crippen LogP contribution in [-0.2, 0) is 43.1 Å². The number of methoxy groups -OCH3 is 3. The molecule has 1 aliphatic heterocycles. The van der Waals surface area contributed by atoms with Crippen LogP contribution in [0.1, 0.15) is 77.9 Å². The summed E-state index contributed by atoms with van der Waals surface area (Å²) < 4.78 is 14.5. The number of ether oxygens (including phenoxy) is 3. The molecule has 2 aliphatic rings. The lowest BCUT2D eigenvalue weighted by atomic mass is 9.73. The van der Waals surface area contributed by atoms with Crippen LogP contribution in [0.3, 0.4) is 0 Å². The number of esters is 2. The van der Waals surface area contributed by atoms with E-state index in [2.05, 4.69) is 4.74 Å². The number of rotatable bonds is 7. The lowest BCUT2D eigenvalue weighted by molar-refractivity contribution is -0.127. The van der Waals surface area contributed by atoms with E-state index in [1.807, 2.05) is 39.8 Å². The second kappa shape index (κ2) is 12.8.